The second kappa shape index (κ2) is 5.14. The highest BCUT2D eigenvalue weighted by atomic mass is 16.7. The number of nitrogens with zero attached hydrogens (tertiary/aromatic N) is 1. The van der Waals surface area contributed by atoms with Crippen molar-refractivity contribution in [3.05, 3.63) is 48.7 Å². The standard InChI is InChI=1S/C20H16NO4/c1-22-15-8-6-12-13-7-9-16-20(25-11-24-16)18(13)21-10-4-3-5-14(21)17(12)19(15)23-2/h3-10H,11H2,1-2H3/q+1. The number of benzene rings is 2. The average Bonchev–Trinajstić information content (AvgIpc) is 3.15. The van der Waals surface area contributed by atoms with E-state index in [1.165, 1.54) is 0 Å². The lowest BCUT2D eigenvalue weighted by Crippen LogP contribution is -2.23. The minimum absolute atomic E-state index is 0.243. The molecule has 25 heavy (non-hydrogen) atoms. The van der Waals surface area contributed by atoms with Gasteiger partial charge in [0.25, 0.3) is 5.52 Å². The minimum Gasteiger partial charge on any atom is -0.493 e. The average molecular weight is 334 g/mol. The van der Waals surface area contributed by atoms with Crippen LogP contribution in [0.3, 0.4) is 0 Å². The summed E-state index contributed by atoms with van der Waals surface area (Å²) in [5.41, 5.74) is 2.01. The van der Waals surface area contributed by atoms with E-state index in [1.54, 1.807) is 14.2 Å². The molecule has 0 saturated heterocycles. The van der Waals surface area contributed by atoms with Crippen molar-refractivity contribution in [2.75, 3.05) is 21.0 Å². The van der Waals surface area contributed by atoms with Crippen molar-refractivity contribution < 1.29 is 23.3 Å². The molecule has 0 fully saturated rings. The van der Waals surface area contributed by atoms with E-state index in [-0.39, 0.29) is 6.79 Å². The summed E-state index contributed by atoms with van der Waals surface area (Å²) in [6, 6.07) is 14.1. The van der Waals surface area contributed by atoms with Crippen molar-refractivity contribution in [3.8, 4) is 23.0 Å². The Kier molecular flexibility index (Phi) is 2.91. The van der Waals surface area contributed by atoms with Gasteiger partial charge in [0, 0.05) is 17.5 Å². The fourth-order valence-electron chi connectivity index (χ4n) is 3.66. The van der Waals surface area contributed by atoms with E-state index < -0.39 is 0 Å². The highest BCUT2D eigenvalue weighted by molar-refractivity contribution is 6.14. The molecule has 2 aromatic heterocycles. The van der Waals surface area contributed by atoms with Crippen LogP contribution < -0.4 is 23.3 Å². The van der Waals surface area contributed by atoms with Crippen molar-refractivity contribution >= 4 is 27.2 Å². The Hall–Kier alpha value is -3.21. The van der Waals surface area contributed by atoms with E-state index in [2.05, 4.69) is 22.6 Å². The Bertz CT molecular complexity index is 1130. The summed E-state index contributed by atoms with van der Waals surface area (Å²) in [5.74, 6) is 2.98. The largest absolute Gasteiger partial charge is 0.493 e. The molecular formula is C20H16NO4+. The van der Waals surface area contributed by atoms with Gasteiger partial charge in [-0.2, -0.15) is 4.40 Å². The molecule has 5 heteroatoms. The van der Waals surface area contributed by atoms with Crippen LogP contribution in [-0.2, 0) is 0 Å². The predicted octanol–water partition coefficient (Wildman–Crippen LogP) is 3.48. The van der Waals surface area contributed by atoms with Crippen LogP contribution >= 0.6 is 0 Å². The number of hydrogen-bond donors (Lipinski definition) is 0. The molecule has 5 rings (SSSR count). The molecule has 0 saturated carbocycles. The van der Waals surface area contributed by atoms with Crippen molar-refractivity contribution in [1.29, 1.82) is 0 Å². The van der Waals surface area contributed by atoms with Gasteiger partial charge in [-0.15, -0.1) is 0 Å². The molecule has 0 radical (unpaired) electrons. The van der Waals surface area contributed by atoms with Gasteiger partial charge < -0.3 is 18.9 Å². The van der Waals surface area contributed by atoms with Crippen LogP contribution in [0.2, 0.25) is 0 Å². The molecule has 0 aliphatic carbocycles. The third-order valence-corrected chi connectivity index (χ3v) is 4.71. The van der Waals surface area contributed by atoms with Crippen molar-refractivity contribution in [2.24, 2.45) is 0 Å². The first-order chi connectivity index (χ1) is 12.3. The number of rotatable bonds is 2. The molecule has 1 aliphatic heterocycles. The molecule has 4 aromatic rings. The monoisotopic (exact) mass is 334 g/mol. The number of pyridine rings is 2. The topological polar surface area (TPSA) is 41.0 Å². The lowest BCUT2D eigenvalue weighted by Gasteiger charge is -2.12. The molecule has 0 bridgehead atoms. The first kappa shape index (κ1) is 14.2. The highest BCUT2D eigenvalue weighted by Gasteiger charge is 2.28. The van der Waals surface area contributed by atoms with Crippen LogP contribution in [0.1, 0.15) is 0 Å². The van der Waals surface area contributed by atoms with Crippen LogP contribution in [0, 0.1) is 0 Å². The zero-order valence-electron chi connectivity index (χ0n) is 13.9. The third-order valence-electron chi connectivity index (χ3n) is 4.71. The van der Waals surface area contributed by atoms with E-state index in [0.717, 1.165) is 44.4 Å². The summed E-state index contributed by atoms with van der Waals surface area (Å²) >= 11 is 0. The Morgan fingerprint density at radius 2 is 1.80 bits per heavy atom. The van der Waals surface area contributed by atoms with E-state index >= 15 is 0 Å². The Labute approximate surface area is 143 Å². The summed E-state index contributed by atoms with van der Waals surface area (Å²) in [7, 11) is 3.32. The molecule has 3 heterocycles. The van der Waals surface area contributed by atoms with Gasteiger partial charge in [0.15, 0.2) is 23.4 Å². The second-order valence-electron chi connectivity index (χ2n) is 5.88. The number of ether oxygens (including phenoxy) is 4. The summed E-state index contributed by atoms with van der Waals surface area (Å²) in [6.07, 6.45) is 2.03. The molecule has 1 aliphatic rings. The van der Waals surface area contributed by atoms with Crippen LogP contribution in [-0.4, -0.2) is 21.0 Å². The smallest absolute Gasteiger partial charge is 0.265 e. The maximum Gasteiger partial charge on any atom is 0.265 e. The molecule has 2 aromatic carbocycles. The van der Waals surface area contributed by atoms with Gasteiger partial charge in [-0.25, -0.2) is 0 Å². The summed E-state index contributed by atoms with van der Waals surface area (Å²) < 4.78 is 24.7. The Morgan fingerprint density at radius 1 is 0.920 bits per heavy atom. The van der Waals surface area contributed by atoms with Crippen LogP contribution in [0.4, 0.5) is 0 Å². The first-order valence-electron chi connectivity index (χ1n) is 8.03. The molecule has 0 atom stereocenters. The van der Waals surface area contributed by atoms with Gasteiger partial charge in [0.1, 0.15) is 5.39 Å². The maximum absolute atomic E-state index is 5.77. The summed E-state index contributed by atoms with van der Waals surface area (Å²) in [4.78, 5) is 0. The molecule has 0 unspecified atom stereocenters. The first-order valence-corrected chi connectivity index (χ1v) is 8.03. The van der Waals surface area contributed by atoms with Gasteiger partial charge >= 0.3 is 0 Å². The van der Waals surface area contributed by atoms with Crippen molar-refractivity contribution in [1.82, 2.24) is 0 Å². The molecular weight excluding hydrogens is 318 g/mol. The zero-order chi connectivity index (χ0) is 17.0. The van der Waals surface area contributed by atoms with Crippen molar-refractivity contribution in [2.45, 2.75) is 0 Å². The zero-order valence-corrected chi connectivity index (χ0v) is 13.9. The van der Waals surface area contributed by atoms with Gasteiger partial charge in [-0.1, -0.05) is 0 Å². The molecule has 0 N–H and O–H groups in total. The quantitative estimate of drug-likeness (QED) is 0.416. The molecule has 124 valence electrons. The van der Waals surface area contributed by atoms with Crippen LogP contribution in [0.5, 0.6) is 23.0 Å². The number of fused-ring (bicyclic) bond motifs is 8. The molecule has 0 spiro atoms. The SMILES string of the molecule is COc1ccc2c3ccc4c(c3[n+]3ccccc3c2c1OC)OCO4. The predicted molar refractivity (Wildman–Crippen MR) is 93.8 cm³/mol. The van der Waals surface area contributed by atoms with E-state index in [4.69, 9.17) is 18.9 Å². The van der Waals surface area contributed by atoms with Gasteiger partial charge in [0.05, 0.1) is 19.6 Å². The minimum atomic E-state index is 0.243. The van der Waals surface area contributed by atoms with Gasteiger partial charge in [-0.3, -0.25) is 0 Å². The normalized spacial score (nSPS) is 12.9. The van der Waals surface area contributed by atoms with Crippen molar-refractivity contribution in [3.63, 3.8) is 0 Å². The summed E-state index contributed by atoms with van der Waals surface area (Å²) in [6.45, 7) is 0.243. The highest BCUT2D eigenvalue weighted by Crippen LogP contribution is 2.44. The molecule has 5 nitrogen and oxygen atoms in total. The Morgan fingerprint density at radius 3 is 2.64 bits per heavy atom. The van der Waals surface area contributed by atoms with E-state index in [0.29, 0.717) is 5.75 Å². The fourth-order valence-corrected chi connectivity index (χ4v) is 3.66. The Balaban J connectivity index is 2.11. The van der Waals surface area contributed by atoms with Gasteiger partial charge in [0.2, 0.25) is 18.1 Å². The summed E-state index contributed by atoms with van der Waals surface area (Å²) in [5, 5.41) is 3.16. The third kappa shape index (κ3) is 1.80. The lowest BCUT2D eigenvalue weighted by molar-refractivity contribution is -0.480. The van der Waals surface area contributed by atoms with Crippen LogP contribution in [0.25, 0.3) is 27.2 Å². The fraction of sp³-hybridized carbons (Fsp3) is 0.150. The van der Waals surface area contributed by atoms with E-state index in [9.17, 15) is 0 Å². The molecule has 0 amide bonds. The van der Waals surface area contributed by atoms with Crippen LogP contribution in [0.15, 0.2) is 48.7 Å². The van der Waals surface area contributed by atoms with E-state index in [1.807, 2.05) is 30.5 Å². The number of hydrogen-bond acceptors (Lipinski definition) is 4. The number of aromatic nitrogens is 1. The maximum atomic E-state index is 5.77. The lowest BCUT2D eigenvalue weighted by atomic mass is 10.0. The number of methoxy groups -OCH3 is 2. The second-order valence-corrected chi connectivity index (χ2v) is 5.88. The van der Waals surface area contributed by atoms with Gasteiger partial charge in [-0.05, 0) is 30.3 Å².